The molecule has 0 saturated carbocycles. The molecule has 0 spiro atoms. The number of hydrogen-bond acceptors (Lipinski definition) is 3. The first-order chi connectivity index (χ1) is 6.63. The fourth-order valence-corrected chi connectivity index (χ4v) is 1.04. The molecule has 1 atom stereocenters. The maximum absolute atomic E-state index is 10.4. The molecule has 1 rings (SSSR count). The van der Waals surface area contributed by atoms with Crippen LogP contribution in [0.4, 0.5) is 0 Å². The van der Waals surface area contributed by atoms with Crippen LogP contribution < -0.4 is 5.11 Å². The second-order valence-electron chi connectivity index (χ2n) is 2.83. The van der Waals surface area contributed by atoms with Crippen LogP contribution in [0.5, 0.6) is 5.75 Å². The number of aromatic hydroxyl groups is 1. The molecule has 0 aliphatic carbocycles. The molecule has 0 aliphatic rings. The highest BCUT2D eigenvalue weighted by Crippen LogP contribution is 2.12. The van der Waals surface area contributed by atoms with Crippen LogP contribution in [-0.2, 0) is 11.2 Å². The Hall–Kier alpha value is -2.02. The van der Waals surface area contributed by atoms with E-state index in [1.807, 2.05) is 0 Å². The van der Waals surface area contributed by atoms with E-state index in [1.165, 1.54) is 12.1 Å². The number of carboxylic acid groups (broad SMARTS) is 1. The lowest BCUT2D eigenvalue weighted by molar-refractivity contribution is -0.306. The molecule has 0 unspecified atom stereocenters. The van der Waals surface area contributed by atoms with Gasteiger partial charge in [0.2, 0.25) is 0 Å². The van der Waals surface area contributed by atoms with Gasteiger partial charge in [-0.15, -0.1) is 0 Å². The minimum Gasteiger partial charge on any atom is -0.543 e. The number of phenolic OH excluding ortho intramolecular Hbond substituents is 1. The van der Waals surface area contributed by atoms with Crippen molar-refractivity contribution in [3.63, 3.8) is 0 Å². The summed E-state index contributed by atoms with van der Waals surface area (Å²) >= 11 is 0. The van der Waals surface area contributed by atoms with E-state index in [0.717, 1.165) is 0 Å². The van der Waals surface area contributed by atoms with E-state index in [-0.39, 0.29) is 12.2 Å². The Balaban J connectivity index is 2.74. The van der Waals surface area contributed by atoms with Crippen LogP contribution in [0, 0.1) is 6.57 Å². The van der Waals surface area contributed by atoms with Gasteiger partial charge < -0.3 is 19.9 Å². The molecule has 72 valence electrons. The molecule has 4 nitrogen and oxygen atoms in total. The molecule has 1 N–H and O–H groups in total. The molecular formula is C10H8NO3-. The molecule has 0 aliphatic heterocycles. The van der Waals surface area contributed by atoms with Crippen LogP contribution in [0.3, 0.4) is 0 Å². The number of aliphatic carboxylic acids is 1. The van der Waals surface area contributed by atoms with E-state index in [0.29, 0.717) is 5.56 Å². The molecule has 0 saturated heterocycles. The van der Waals surface area contributed by atoms with Crippen LogP contribution in [0.25, 0.3) is 4.85 Å². The summed E-state index contributed by atoms with van der Waals surface area (Å²) in [5, 5.41) is 19.4. The number of carboxylic acids is 1. The van der Waals surface area contributed by atoms with Gasteiger partial charge in [0, 0.05) is 0 Å². The minimum atomic E-state index is -1.37. The van der Waals surface area contributed by atoms with E-state index >= 15 is 0 Å². The third-order valence-electron chi connectivity index (χ3n) is 1.79. The molecule has 1 aromatic rings. The van der Waals surface area contributed by atoms with Crippen molar-refractivity contribution in [3.05, 3.63) is 41.2 Å². The predicted molar refractivity (Wildman–Crippen MR) is 47.2 cm³/mol. The Morgan fingerprint density at radius 1 is 1.50 bits per heavy atom. The van der Waals surface area contributed by atoms with Crippen LogP contribution in [-0.4, -0.2) is 17.1 Å². The molecule has 4 heteroatoms. The van der Waals surface area contributed by atoms with Gasteiger partial charge in [0.25, 0.3) is 6.04 Å². The van der Waals surface area contributed by atoms with Crippen molar-refractivity contribution < 1.29 is 15.0 Å². The van der Waals surface area contributed by atoms with Gasteiger partial charge in [-0.25, -0.2) is 6.57 Å². The first-order valence-corrected chi connectivity index (χ1v) is 3.99. The van der Waals surface area contributed by atoms with Crippen LogP contribution >= 0.6 is 0 Å². The molecule has 0 amide bonds. The summed E-state index contributed by atoms with van der Waals surface area (Å²) in [4.78, 5) is 13.4. The van der Waals surface area contributed by atoms with E-state index in [9.17, 15) is 9.90 Å². The van der Waals surface area contributed by atoms with Crippen LogP contribution in [0.2, 0.25) is 0 Å². The van der Waals surface area contributed by atoms with Gasteiger partial charge >= 0.3 is 0 Å². The predicted octanol–water partition coefficient (Wildman–Crippen LogP) is -0.0275. The smallest absolute Gasteiger partial charge is 0.266 e. The lowest BCUT2D eigenvalue weighted by Crippen LogP contribution is -2.34. The summed E-state index contributed by atoms with van der Waals surface area (Å²) in [6.45, 7) is 6.64. The van der Waals surface area contributed by atoms with Crippen LogP contribution in [0.15, 0.2) is 24.3 Å². The summed E-state index contributed by atoms with van der Waals surface area (Å²) in [6, 6.07) is 4.91. The molecule has 0 heterocycles. The maximum Gasteiger partial charge on any atom is 0.266 e. The van der Waals surface area contributed by atoms with Gasteiger partial charge in [0.15, 0.2) is 0 Å². The quantitative estimate of drug-likeness (QED) is 0.681. The van der Waals surface area contributed by atoms with Crippen LogP contribution in [0.1, 0.15) is 5.56 Å². The maximum atomic E-state index is 10.4. The van der Waals surface area contributed by atoms with E-state index in [2.05, 4.69) is 4.85 Å². The van der Waals surface area contributed by atoms with E-state index < -0.39 is 12.0 Å². The van der Waals surface area contributed by atoms with Crippen molar-refractivity contribution in [2.24, 2.45) is 0 Å². The number of carbonyl (C=O) groups is 1. The molecule has 0 radical (unpaired) electrons. The van der Waals surface area contributed by atoms with Crippen molar-refractivity contribution in [2.75, 3.05) is 0 Å². The van der Waals surface area contributed by atoms with Crippen molar-refractivity contribution in [2.45, 2.75) is 12.5 Å². The Labute approximate surface area is 81.2 Å². The van der Waals surface area contributed by atoms with Gasteiger partial charge in [-0.05, 0) is 17.7 Å². The third-order valence-corrected chi connectivity index (χ3v) is 1.79. The average Bonchev–Trinajstić information content (AvgIpc) is 2.16. The molecule has 0 bridgehead atoms. The summed E-state index contributed by atoms with van der Waals surface area (Å²) in [7, 11) is 0. The normalized spacial score (nSPS) is 11.6. The van der Waals surface area contributed by atoms with Crippen molar-refractivity contribution in [3.8, 4) is 5.75 Å². The number of nitrogens with zero attached hydrogens (tertiary/aromatic N) is 1. The molecule has 0 aromatic heterocycles. The summed E-state index contributed by atoms with van der Waals surface area (Å²) < 4.78 is 0. The zero-order valence-electron chi connectivity index (χ0n) is 7.30. The summed E-state index contributed by atoms with van der Waals surface area (Å²) in [5.41, 5.74) is 0.688. The fourth-order valence-electron chi connectivity index (χ4n) is 1.04. The minimum absolute atomic E-state index is 0.103. The van der Waals surface area contributed by atoms with Gasteiger partial charge in [-0.2, -0.15) is 0 Å². The fraction of sp³-hybridized carbons (Fsp3) is 0.200. The molecule has 0 fully saturated rings. The number of carbonyl (C=O) groups excluding carboxylic acids is 1. The lowest BCUT2D eigenvalue weighted by Gasteiger charge is -2.05. The van der Waals surface area contributed by atoms with Crippen molar-refractivity contribution >= 4 is 5.97 Å². The molecule has 14 heavy (non-hydrogen) atoms. The zero-order valence-corrected chi connectivity index (χ0v) is 7.30. The monoisotopic (exact) mass is 190 g/mol. The molecular weight excluding hydrogens is 182 g/mol. The van der Waals surface area contributed by atoms with E-state index in [4.69, 9.17) is 11.7 Å². The Bertz CT molecular complexity index is 364. The highest BCUT2D eigenvalue weighted by atomic mass is 16.4. The number of hydrogen-bond donors (Lipinski definition) is 1. The summed E-state index contributed by atoms with van der Waals surface area (Å²) in [6.07, 6.45) is 0.103. The van der Waals surface area contributed by atoms with Crippen molar-refractivity contribution in [1.29, 1.82) is 0 Å². The average molecular weight is 190 g/mol. The Kier molecular flexibility index (Phi) is 3.08. The van der Waals surface area contributed by atoms with Crippen molar-refractivity contribution in [1.82, 2.24) is 0 Å². The summed E-state index contributed by atoms with van der Waals surface area (Å²) in [5.74, 6) is -1.25. The largest absolute Gasteiger partial charge is 0.543 e. The van der Waals surface area contributed by atoms with E-state index in [1.54, 1.807) is 12.1 Å². The lowest BCUT2D eigenvalue weighted by atomic mass is 10.1. The Morgan fingerprint density at radius 3 is 2.50 bits per heavy atom. The zero-order chi connectivity index (χ0) is 10.6. The highest BCUT2D eigenvalue weighted by molar-refractivity contribution is 5.73. The topological polar surface area (TPSA) is 64.7 Å². The van der Waals surface area contributed by atoms with Gasteiger partial charge in [0.05, 0.1) is 6.42 Å². The SMILES string of the molecule is [C-]#[N+][C@@H](Cc1ccc(O)cc1)C(=O)[O-]. The van der Waals surface area contributed by atoms with Gasteiger partial charge in [0.1, 0.15) is 11.7 Å². The first kappa shape index (κ1) is 10.1. The first-order valence-electron chi connectivity index (χ1n) is 3.99. The molecule has 1 aromatic carbocycles. The number of benzene rings is 1. The second kappa shape index (κ2) is 4.28. The number of phenols is 1. The van der Waals surface area contributed by atoms with Gasteiger partial charge in [-0.3, -0.25) is 0 Å². The standard InChI is InChI=1S/C10H9NO3/c1-11-9(10(13)14)6-7-2-4-8(12)5-3-7/h2-5,9,12H,6H2,(H,13,14)/p-1/t9-/m0/s1. The Morgan fingerprint density at radius 2 is 2.07 bits per heavy atom. The second-order valence-corrected chi connectivity index (χ2v) is 2.83. The number of rotatable bonds is 3. The van der Waals surface area contributed by atoms with Gasteiger partial charge in [-0.1, -0.05) is 12.1 Å². The third kappa shape index (κ3) is 2.49. The highest BCUT2D eigenvalue weighted by Gasteiger charge is 2.14.